The first-order valence-electron chi connectivity index (χ1n) is 10.2. The molecule has 0 atom stereocenters. The first-order chi connectivity index (χ1) is 15.3. The fourth-order valence-corrected chi connectivity index (χ4v) is 4.98. The molecule has 11 heteroatoms. The van der Waals surface area contributed by atoms with Crippen LogP contribution in [0.5, 0.6) is 0 Å². The van der Waals surface area contributed by atoms with Crippen molar-refractivity contribution in [3.8, 4) is 0 Å². The molecular weight excluding hydrogens is 487 g/mol. The maximum absolute atomic E-state index is 13.0. The second-order valence-electron chi connectivity index (χ2n) is 7.51. The summed E-state index contributed by atoms with van der Waals surface area (Å²) in [7, 11) is 3.96. The molecule has 7 nitrogen and oxygen atoms in total. The Morgan fingerprint density at radius 2 is 1.88 bits per heavy atom. The summed E-state index contributed by atoms with van der Waals surface area (Å²) in [5.41, 5.74) is 0.656. The van der Waals surface area contributed by atoms with Crippen molar-refractivity contribution in [1.82, 2.24) is 9.88 Å². The maximum atomic E-state index is 13.0. The number of nitro groups is 1. The molecule has 0 bridgehead atoms. The van der Waals surface area contributed by atoms with E-state index in [2.05, 4.69) is 9.88 Å². The molecule has 3 aromatic rings. The summed E-state index contributed by atoms with van der Waals surface area (Å²) >= 11 is 2.88. The Bertz CT molecular complexity index is 1080. The van der Waals surface area contributed by atoms with Crippen molar-refractivity contribution in [2.45, 2.75) is 24.2 Å². The van der Waals surface area contributed by atoms with Crippen LogP contribution >= 0.6 is 35.5 Å². The number of fused-ring (bicyclic) bond motifs is 1. The highest BCUT2D eigenvalue weighted by Gasteiger charge is 2.20. The molecule has 0 aliphatic carbocycles. The number of hydrogen-bond donors (Lipinski definition) is 0. The van der Waals surface area contributed by atoms with E-state index < -0.39 is 4.92 Å². The molecule has 33 heavy (non-hydrogen) atoms. The van der Waals surface area contributed by atoms with Gasteiger partial charge in [0.2, 0.25) is 5.91 Å². The quantitative estimate of drug-likeness (QED) is 0.143. The van der Waals surface area contributed by atoms with Crippen LogP contribution in [0.1, 0.15) is 19.3 Å². The van der Waals surface area contributed by atoms with E-state index in [0.717, 1.165) is 23.6 Å². The molecule has 0 unspecified atom stereocenters. The third-order valence-electron chi connectivity index (χ3n) is 4.71. The van der Waals surface area contributed by atoms with Crippen molar-refractivity contribution in [1.29, 1.82) is 0 Å². The number of thiazole rings is 1. The molecule has 2 aromatic carbocycles. The highest BCUT2D eigenvalue weighted by atomic mass is 35.5. The minimum absolute atomic E-state index is 0. The lowest BCUT2D eigenvalue weighted by atomic mass is 10.3. The minimum Gasteiger partial charge on any atom is -0.309 e. The van der Waals surface area contributed by atoms with Gasteiger partial charge in [-0.15, -0.1) is 24.2 Å². The number of carbonyl (C=O) groups excluding carboxylic acids is 1. The number of aromatic nitrogens is 1. The Hall–Kier alpha value is -2.27. The van der Waals surface area contributed by atoms with E-state index in [1.807, 2.05) is 14.1 Å². The smallest absolute Gasteiger partial charge is 0.270 e. The monoisotopic (exact) mass is 512 g/mol. The fourth-order valence-electron chi connectivity index (χ4n) is 3.08. The third-order valence-corrected chi connectivity index (χ3v) is 6.85. The number of benzene rings is 2. The van der Waals surface area contributed by atoms with Gasteiger partial charge in [-0.2, -0.15) is 0 Å². The van der Waals surface area contributed by atoms with Crippen LogP contribution in [0.25, 0.3) is 10.2 Å². The summed E-state index contributed by atoms with van der Waals surface area (Å²) in [5.74, 6) is 0.464. The summed E-state index contributed by atoms with van der Waals surface area (Å²) in [5, 5.41) is 11.6. The molecule has 0 N–H and O–H groups in total. The standard InChI is InChI=1S/C22H25FN4O3S2.ClH/c1-25(2)12-4-13-26(21(28)5-3-14-31-18-9-6-16(23)7-10-18)22-24-19-11-8-17(27(29)30)15-20(19)32-22;/h6-11,15H,3-5,12-14H2,1-2H3;1H. The van der Waals surface area contributed by atoms with Gasteiger partial charge in [-0.25, -0.2) is 9.37 Å². The van der Waals surface area contributed by atoms with Gasteiger partial charge in [-0.1, -0.05) is 11.3 Å². The zero-order valence-corrected chi connectivity index (χ0v) is 20.8. The lowest BCUT2D eigenvalue weighted by Crippen LogP contribution is -2.33. The molecule has 3 rings (SSSR count). The normalized spacial score (nSPS) is 10.9. The zero-order chi connectivity index (χ0) is 23.1. The topological polar surface area (TPSA) is 79.6 Å². The van der Waals surface area contributed by atoms with Crippen LogP contribution in [0.4, 0.5) is 15.2 Å². The molecule has 0 fully saturated rings. The first kappa shape index (κ1) is 27.0. The molecule has 1 heterocycles. The van der Waals surface area contributed by atoms with Crippen molar-refractivity contribution in [3.05, 3.63) is 58.4 Å². The van der Waals surface area contributed by atoms with E-state index in [1.165, 1.54) is 35.6 Å². The number of anilines is 1. The van der Waals surface area contributed by atoms with Gasteiger partial charge in [0.1, 0.15) is 5.82 Å². The molecule has 0 aliphatic heterocycles. The number of nitro benzene ring substituents is 1. The van der Waals surface area contributed by atoms with Crippen LogP contribution in [0.2, 0.25) is 0 Å². The summed E-state index contributed by atoms with van der Waals surface area (Å²) in [6.45, 7) is 1.37. The van der Waals surface area contributed by atoms with E-state index in [1.54, 1.807) is 34.9 Å². The van der Waals surface area contributed by atoms with E-state index in [9.17, 15) is 19.3 Å². The van der Waals surface area contributed by atoms with Crippen LogP contribution in [-0.2, 0) is 4.79 Å². The predicted molar refractivity (Wildman–Crippen MR) is 135 cm³/mol. The van der Waals surface area contributed by atoms with Crippen molar-refractivity contribution in [2.24, 2.45) is 0 Å². The second kappa shape index (κ2) is 12.8. The van der Waals surface area contributed by atoms with Crippen LogP contribution in [-0.4, -0.2) is 53.7 Å². The summed E-state index contributed by atoms with van der Waals surface area (Å²) < 4.78 is 13.7. The summed E-state index contributed by atoms with van der Waals surface area (Å²) in [4.78, 5) is 33.0. The Kier molecular flexibility index (Phi) is 10.5. The van der Waals surface area contributed by atoms with Crippen LogP contribution in [0, 0.1) is 15.9 Å². The third kappa shape index (κ3) is 7.92. The van der Waals surface area contributed by atoms with Crippen molar-refractivity contribution in [2.75, 3.05) is 37.8 Å². The molecule has 178 valence electrons. The number of non-ortho nitro benzene ring substituents is 1. The maximum Gasteiger partial charge on any atom is 0.270 e. The summed E-state index contributed by atoms with van der Waals surface area (Å²) in [6, 6.07) is 10.9. The molecule has 0 spiro atoms. The number of nitrogens with zero attached hydrogens (tertiary/aromatic N) is 4. The van der Waals surface area contributed by atoms with Crippen LogP contribution < -0.4 is 4.90 Å². The molecule has 1 aromatic heterocycles. The highest BCUT2D eigenvalue weighted by molar-refractivity contribution is 7.99. The number of halogens is 2. The SMILES string of the molecule is CN(C)CCCN(C(=O)CCCSc1ccc(F)cc1)c1nc2ccc([N+](=O)[O-])cc2s1.Cl. The zero-order valence-electron chi connectivity index (χ0n) is 18.4. The summed E-state index contributed by atoms with van der Waals surface area (Å²) in [6.07, 6.45) is 1.84. The van der Waals surface area contributed by atoms with Gasteiger partial charge in [0.05, 0.1) is 15.1 Å². The predicted octanol–water partition coefficient (Wildman–Crippen LogP) is 5.62. The number of thioether (sulfide) groups is 1. The second-order valence-corrected chi connectivity index (χ2v) is 9.69. The van der Waals surface area contributed by atoms with E-state index >= 15 is 0 Å². The van der Waals surface area contributed by atoms with Crippen LogP contribution in [0.15, 0.2) is 47.4 Å². The average Bonchev–Trinajstić information content (AvgIpc) is 3.18. The van der Waals surface area contributed by atoms with Crippen molar-refractivity contribution >= 4 is 62.4 Å². The molecule has 0 saturated heterocycles. The first-order valence-corrected chi connectivity index (χ1v) is 12.0. The van der Waals surface area contributed by atoms with Gasteiger partial charge < -0.3 is 4.90 Å². The van der Waals surface area contributed by atoms with E-state index in [0.29, 0.717) is 34.7 Å². The molecule has 0 aliphatic rings. The van der Waals surface area contributed by atoms with Crippen LogP contribution in [0.3, 0.4) is 0 Å². The van der Waals surface area contributed by atoms with Crippen molar-refractivity contribution in [3.63, 3.8) is 0 Å². The minimum atomic E-state index is -0.433. The van der Waals surface area contributed by atoms with E-state index in [4.69, 9.17) is 0 Å². The van der Waals surface area contributed by atoms with Gasteiger partial charge in [0, 0.05) is 30.0 Å². The number of carbonyl (C=O) groups is 1. The molecular formula is C22H26ClFN4O3S2. The number of amides is 1. The lowest BCUT2D eigenvalue weighted by Gasteiger charge is -2.21. The van der Waals surface area contributed by atoms with Crippen molar-refractivity contribution < 1.29 is 14.1 Å². The van der Waals surface area contributed by atoms with E-state index in [-0.39, 0.29) is 29.8 Å². The van der Waals surface area contributed by atoms with Gasteiger partial charge in [0.25, 0.3) is 5.69 Å². The van der Waals surface area contributed by atoms with Gasteiger partial charge in [-0.3, -0.25) is 19.8 Å². The van der Waals surface area contributed by atoms with Gasteiger partial charge in [0.15, 0.2) is 5.13 Å². The number of hydrogen-bond acceptors (Lipinski definition) is 7. The Balaban J connectivity index is 0.00000385. The highest BCUT2D eigenvalue weighted by Crippen LogP contribution is 2.32. The Morgan fingerprint density at radius 3 is 2.55 bits per heavy atom. The van der Waals surface area contributed by atoms with Gasteiger partial charge >= 0.3 is 0 Å². The fraction of sp³-hybridized carbons (Fsp3) is 0.364. The molecule has 0 radical (unpaired) electrons. The largest absolute Gasteiger partial charge is 0.309 e. The number of rotatable bonds is 11. The Labute approximate surface area is 206 Å². The van der Waals surface area contributed by atoms with Gasteiger partial charge in [-0.05, 0) is 69.6 Å². The Morgan fingerprint density at radius 1 is 1.15 bits per heavy atom. The average molecular weight is 513 g/mol. The molecule has 1 amide bonds. The molecule has 0 saturated carbocycles. The lowest BCUT2D eigenvalue weighted by molar-refractivity contribution is -0.384.